The molecule has 19 heavy (non-hydrogen) atoms. The Labute approximate surface area is 114 Å². The number of nitrogens with two attached hydrogens (primary N) is 1. The molecule has 0 aliphatic rings. The summed E-state index contributed by atoms with van der Waals surface area (Å²) in [6, 6.07) is 6.41. The van der Waals surface area contributed by atoms with Crippen molar-refractivity contribution in [2.75, 3.05) is 6.54 Å². The Kier molecular flexibility index (Phi) is 5.48. The van der Waals surface area contributed by atoms with E-state index in [0.717, 1.165) is 0 Å². The number of halogens is 1. The van der Waals surface area contributed by atoms with Crippen LogP contribution in [0.4, 0.5) is 4.39 Å². The third-order valence-electron chi connectivity index (χ3n) is 3.19. The van der Waals surface area contributed by atoms with E-state index in [0.29, 0.717) is 24.9 Å². The lowest BCUT2D eigenvalue weighted by molar-refractivity contribution is -0.121. The lowest BCUT2D eigenvalue weighted by Gasteiger charge is -2.26. The summed E-state index contributed by atoms with van der Waals surface area (Å²) in [6.07, 6.45) is 0.782. The van der Waals surface area contributed by atoms with Crippen molar-refractivity contribution in [3.05, 3.63) is 35.6 Å². The molecule has 0 aliphatic heterocycles. The standard InChI is InChI=1S/C15H23FN2O/c1-15(2,3)13(17)10-14(19)18-9-8-11-6-4-5-7-12(11)16/h4-7,13H,8-10,17H2,1-3H3,(H,18,19). The number of carbonyl (C=O) groups is 1. The maximum absolute atomic E-state index is 13.3. The lowest BCUT2D eigenvalue weighted by Crippen LogP contribution is -2.40. The monoisotopic (exact) mass is 266 g/mol. The number of hydrogen-bond acceptors (Lipinski definition) is 2. The van der Waals surface area contributed by atoms with Crippen molar-refractivity contribution in [1.29, 1.82) is 0 Å². The van der Waals surface area contributed by atoms with Crippen LogP contribution in [0.3, 0.4) is 0 Å². The van der Waals surface area contributed by atoms with Crippen LogP contribution in [0.25, 0.3) is 0 Å². The summed E-state index contributed by atoms with van der Waals surface area (Å²) in [7, 11) is 0. The van der Waals surface area contributed by atoms with Gasteiger partial charge < -0.3 is 11.1 Å². The van der Waals surface area contributed by atoms with Crippen molar-refractivity contribution in [2.45, 2.75) is 39.7 Å². The molecule has 0 radical (unpaired) electrons. The van der Waals surface area contributed by atoms with E-state index in [9.17, 15) is 9.18 Å². The Morgan fingerprint density at radius 3 is 2.58 bits per heavy atom. The van der Waals surface area contributed by atoms with E-state index >= 15 is 0 Å². The van der Waals surface area contributed by atoms with Crippen LogP contribution < -0.4 is 11.1 Å². The van der Waals surface area contributed by atoms with Crippen molar-refractivity contribution >= 4 is 5.91 Å². The number of carbonyl (C=O) groups excluding carboxylic acids is 1. The minimum absolute atomic E-state index is 0.0845. The first-order chi connectivity index (χ1) is 8.80. The van der Waals surface area contributed by atoms with Crippen LogP contribution in [0.15, 0.2) is 24.3 Å². The second-order valence-electron chi connectivity index (χ2n) is 5.87. The minimum Gasteiger partial charge on any atom is -0.356 e. The van der Waals surface area contributed by atoms with Gasteiger partial charge in [-0.3, -0.25) is 4.79 Å². The summed E-state index contributed by atoms with van der Waals surface area (Å²) in [4.78, 5) is 11.7. The molecule has 1 aromatic carbocycles. The van der Waals surface area contributed by atoms with Gasteiger partial charge in [0.1, 0.15) is 5.82 Å². The second-order valence-corrected chi connectivity index (χ2v) is 5.87. The fraction of sp³-hybridized carbons (Fsp3) is 0.533. The van der Waals surface area contributed by atoms with Gasteiger partial charge in [-0.15, -0.1) is 0 Å². The Hall–Kier alpha value is -1.42. The number of rotatable bonds is 5. The molecule has 1 aromatic rings. The van der Waals surface area contributed by atoms with Crippen molar-refractivity contribution in [2.24, 2.45) is 11.1 Å². The Morgan fingerprint density at radius 1 is 1.37 bits per heavy atom. The van der Waals surface area contributed by atoms with Gasteiger partial charge in [0.25, 0.3) is 0 Å². The van der Waals surface area contributed by atoms with Crippen molar-refractivity contribution in [3.63, 3.8) is 0 Å². The number of amides is 1. The van der Waals surface area contributed by atoms with Gasteiger partial charge in [0.15, 0.2) is 0 Å². The van der Waals surface area contributed by atoms with Crippen LogP contribution in [-0.2, 0) is 11.2 Å². The van der Waals surface area contributed by atoms with Crippen LogP contribution in [0.1, 0.15) is 32.8 Å². The van der Waals surface area contributed by atoms with E-state index in [1.807, 2.05) is 20.8 Å². The molecule has 0 heterocycles. The SMILES string of the molecule is CC(C)(C)C(N)CC(=O)NCCc1ccccc1F. The second kappa shape index (κ2) is 6.66. The van der Waals surface area contributed by atoms with Gasteiger partial charge in [-0.05, 0) is 23.5 Å². The fourth-order valence-corrected chi connectivity index (χ4v) is 1.62. The van der Waals surface area contributed by atoms with E-state index in [1.165, 1.54) is 6.07 Å². The molecule has 0 bridgehead atoms. The van der Waals surface area contributed by atoms with Crippen LogP contribution in [0.5, 0.6) is 0 Å². The van der Waals surface area contributed by atoms with Gasteiger partial charge in [0.05, 0.1) is 0 Å². The van der Waals surface area contributed by atoms with E-state index in [1.54, 1.807) is 18.2 Å². The lowest BCUT2D eigenvalue weighted by atomic mass is 9.85. The molecule has 0 spiro atoms. The van der Waals surface area contributed by atoms with E-state index < -0.39 is 0 Å². The van der Waals surface area contributed by atoms with E-state index in [4.69, 9.17) is 5.73 Å². The maximum Gasteiger partial charge on any atom is 0.221 e. The summed E-state index contributed by atoms with van der Waals surface area (Å²) in [5.41, 5.74) is 6.46. The Balaban J connectivity index is 2.34. The molecule has 0 saturated carbocycles. The highest BCUT2D eigenvalue weighted by Crippen LogP contribution is 2.19. The normalized spacial score (nSPS) is 13.1. The van der Waals surface area contributed by atoms with E-state index in [2.05, 4.69) is 5.32 Å². The molecule has 0 aliphatic carbocycles. The molecule has 1 atom stereocenters. The quantitative estimate of drug-likeness (QED) is 0.859. The summed E-state index contributed by atoms with van der Waals surface area (Å²) in [5, 5.41) is 2.78. The predicted molar refractivity (Wildman–Crippen MR) is 75.2 cm³/mol. The number of benzene rings is 1. The summed E-state index contributed by atoms with van der Waals surface area (Å²) >= 11 is 0. The molecular weight excluding hydrogens is 243 g/mol. The molecule has 3 N–H and O–H groups in total. The summed E-state index contributed by atoms with van der Waals surface area (Å²) in [5.74, 6) is -0.318. The first kappa shape index (κ1) is 15.6. The molecule has 1 unspecified atom stereocenters. The topological polar surface area (TPSA) is 55.1 Å². The number of nitrogens with one attached hydrogen (secondary N) is 1. The molecule has 106 valence electrons. The van der Waals surface area contributed by atoms with Crippen LogP contribution >= 0.6 is 0 Å². The van der Waals surface area contributed by atoms with Gasteiger partial charge in [-0.2, -0.15) is 0 Å². The zero-order valence-electron chi connectivity index (χ0n) is 11.9. The molecule has 0 saturated heterocycles. The summed E-state index contributed by atoms with van der Waals surface area (Å²) < 4.78 is 13.3. The maximum atomic E-state index is 13.3. The fourth-order valence-electron chi connectivity index (χ4n) is 1.62. The number of hydrogen-bond donors (Lipinski definition) is 2. The molecule has 3 nitrogen and oxygen atoms in total. The first-order valence-electron chi connectivity index (χ1n) is 6.56. The highest BCUT2D eigenvalue weighted by molar-refractivity contribution is 5.76. The molecule has 0 fully saturated rings. The largest absolute Gasteiger partial charge is 0.356 e. The zero-order valence-corrected chi connectivity index (χ0v) is 11.9. The van der Waals surface area contributed by atoms with Crippen molar-refractivity contribution in [1.82, 2.24) is 5.32 Å². The van der Waals surface area contributed by atoms with E-state index in [-0.39, 0.29) is 23.2 Å². The molecular formula is C15H23FN2O. The molecule has 1 rings (SSSR count). The first-order valence-corrected chi connectivity index (χ1v) is 6.56. The average Bonchev–Trinajstić information content (AvgIpc) is 2.30. The molecule has 4 heteroatoms. The van der Waals surface area contributed by atoms with Gasteiger partial charge in [-0.25, -0.2) is 4.39 Å². The Morgan fingerprint density at radius 2 is 2.00 bits per heavy atom. The third-order valence-corrected chi connectivity index (χ3v) is 3.19. The Bertz CT molecular complexity index is 426. The predicted octanol–water partition coefficient (Wildman–Crippen LogP) is 2.25. The van der Waals surface area contributed by atoms with Crippen molar-refractivity contribution in [3.8, 4) is 0 Å². The van der Waals surface area contributed by atoms with Crippen LogP contribution in [0, 0.1) is 11.2 Å². The average molecular weight is 266 g/mol. The highest BCUT2D eigenvalue weighted by atomic mass is 19.1. The van der Waals surface area contributed by atoms with Crippen LogP contribution in [0.2, 0.25) is 0 Å². The van der Waals surface area contributed by atoms with Gasteiger partial charge >= 0.3 is 0 Å². The summed E-state index contributed by atoms with van der Waals surface area (Å²) in [6.45, 7) is 6.44. The highest BCUT2D eigenvalue weighted by Gasteiger charge is 2.22. The van der Waals surface area contributed by atoms with Gasteiger partial charge in [-0.1, -0.05) is 39.0 Å². The third kappa shape index (κ3) is 5.39. The minimum atomic E-state index is -0.233. The van der Waals surface area contributed by atoms with Crippen LogP contribution in [-0.4, -0.2) is 18.5 Å². The van der Waals surface area contributed by atoms with Gasteiger partial charge in [0.2, 0.25) is 5.91 Å². The molecule has 1 amide bonds. The zero-order chi connectivity index (χ0) is 14.5. The smallest absolute Gasteiger partial charge is 0.221 e. The van der Waals surface area contributed by atoms with Crippen molar-refractivity contribution < 1.29 is 9.18 Å². The molecule has 0 aromatic heterocycles. The van der Waals surface area contributed by atoms with Gasteiger partial charge in [0, 0.05) is 19.0 Å².